The van der Waals surface area contributed by atoms with E-state index < -0.39 is 5.82 Å². The molecule has 3 N–H and O–H groups in total. The smallest absolute Gasteiger partial charge is 0.263 e. The molecule has 31 heavy (non-hydrogen) atoms. The van der Waals surface area contributed by atoms with E-state index in [0.29, 0.717) is 34.3 Å². The first-order valence-electron chi connectivity index (χ1n) is 9.33. The highest BCUT2D eigenvalue weighted by atomic mass is 79.9. The second-order valence-corrected chi connectivity index (χ2v) is 7.51. The lowest BCUT2D eigenvalue weighted by molar-refractivity contribution is 0.618. The number of hydrogen-bond acceptors (Lipinski definition) is 6. The zero-order valence-electron chi connectivity index (χ0n) is 16.1. The lowest BCUT2D eigenvalue weighted by Crippen LogP contribution is -2.21. The Morgan fingerprint density at radius 3 is 2.71 bits per heavy atom. The fraction of sp³-hybridized carbons (Fsp3) is 0.0909. The van der Waals surface area contributed by atoms with Crippen molar-refractivity contribution in [2.24, 2.45) is 0 Å². The maximum absolute atomic E-state index is 13.8. The molecule has 7 nitrogen and oxygen atoms in total. The predicted octanol–water partition coefficient (Wildman–Crippen LogP) is 3.77. The molecule has 154 valence electrons. The summed E-state index contributed by atoms with van der Waals surface area (Å²) in [6.07, 6.45) is 2.89. The molecule has 3 heterocycles. The maximum atomic E-state index is 13.8. The van der Waals surface area contributed by atoms with Crippen LogP contribution in [0, 0.1) is 17.1 Å². The molecule has 0 aliphatic heterocycles. The summed E-state index contributed by atoms with van der Waals surface area (Å²) in [4.78, 5) is 21.2. The average Bonchev–Trinajstić information content (AvgIpc) is 2.78. The predicted molar refractivity (Wildman–Crippen MR) is 120 cm³/mol. The van der Waals surface area contributed by atoms with E-state index in [1.165, 1.54) is 23.0 Å². The molecule has 0 saturated carbocycles. The second kappa shape index (κ2) is 8.53. The molecule has 0 radical (unpaired) electrons. The van der Waals surface area contributed by atoms with Crippen LogP contribution >= 0.6 is 15.9 Å². The van der Waals surface area contributed by atoms with Crippen LogP contribution in [0.5, 0.6) is 0 Å². The van der Waals surface area contributed by atoms with Crippen molar-refractivity contribution < 1.29 is 4.39 Å². The molecule has 0 saturated heterocycles. The van der Waals surface area contributed by atoms with Crippen LogP contribution in [-0.2, 0) is 6.42 Å². The van der Waals surface area contributed by atoms with Crippen LogP contribution in [-0.4, -0.2) is 20.9 Å². The van der Waals surface area contributed by atoms with Gasteiger partial charge >= 0.3 is 0 Å². The van der Waals surface area contributed by atoms with Crippen molar-refractivity contribution in [3.05, 3.63) is 86.8 Å². The highest BCUT2D eigenvalue weighted by molar-refractivity contribution is 9.10. The Kier molecular flexibility index (Phi) is 5.64. The molecule has 4 rings (SSSR count). The van der Waals surface area contributed by atoms with E-state index in [9.17, 15) is 14.4 Å². The highest BCUT2D eigenvalue weighted by Gasteiger charge is 2.18. The fourth-order valence-electron chi connectivity index (χ4n) is 3.42. The molecule has 0 unspecified atom stereocenters. The number of nitriles is 1. The standard InChI is InChI=1S/C22H16BrFN6O/c23-19-15(8-9-27-21-16(10-25)20(26)28-12-29-21)18(13-4-2-1-3-5-13)22(31)30-11-14(24)6-7-17(19)30/h1-7,11-12H,8-9H2,(H3,26,27,28,29). The van der Waals surface area contributed by atoms with Crippen molar-refractivity contribution >= 4 is 33.1 Å². The Hall–Kier alpha value is -3.77. The quantitative estimate of drug-likeness (QED) is 0.451. The Balaban J connectivity index is 1.79. The van der Waals surface area contributed by atoms with Crippen LogP contribution < -0.4 is 16.6 Å². The summed E-state index contributed by atoms with van der Waals surface area (Å²) in [6.45, 7) is 0.375. The summed E-state index contributed by atoms with van der Waals surface area (Å²) >= 11 is 3.61. The van der Waals surface area contributed by atoms with Crippen molar-refractivity contribution in [1.82, 2.24) is 14.4 Å². The number of fused-ring (bicyclic) bond motifs is 1. The Morgan fingerprint density at radius 1 is 1.19 bits per heavy atom. The summed E-state index contributed by atoms with van der Waals surface area (Å²) in [5.74, 6) is -0.0793. The van der Waals surface area contributed by atoms with Crippen LogP contribution in [0.15, 0.2) is 64.3 Å². The van der Waals surface area contributed by atoms with Gasteiger partial charge in [0.1, 0.15) is 35.4 Å². The Labute approximate surface area is 185 Å². The summed E-state index contributed by atoms with van der Waals surface area (Å²) < 4.78 is 15.8. The van der Waals surface area contributed by atoms with Gasteiger partial charge in [-0.15, -0.1) is 0 Å². The van der Waals surface area contributed by atoms with E-state index in [1.807, 2.05) is 36.4 Å². The second-order valence-electron chi connectivity index (χ2n) is 6.71. The van der Waals surface area contributed by atoms with Crippen LogP contribution in [0.25, 0.3) is 16.6 Å². The minimum absolute atomic E-state index is 0.0946. The number of nitrogens with zero attached hydrogens (tertiary/aromatic N) is 4. The molecule has 3 aromatic heterocycles. The summed E-state index contributed by atoms with van der Waals surface area (Å²) in [5, 5.41) is 12.4. The van der Waals surface area contributed by atoms with Gasteiger partial charge in [-0.1, -0.05) is 30.3 Å². The lowest BCUT2D eigenvalue weighted by Gasteiger charge is -2.16. The van der Waals surface area contributed by atoms with Gasteiger partial charge in [0.2, 0.25) is 0 Å². The minimum atomic E-state index is -0.500. The van der Waals surface area contributed by atoms with E-state index in [1.54, 1.807) is 6.07 Å². The lowest BCUT2D eigenvalue weighted by atomic mass is 9.98. The van der Waals surface area contributed by atoms with E-state index in [2.05, 4.69) is 31.2 Å². The fourth-order valence-corrected chi connectivity index (χ4v) is 4.14. The highest BCUT2D eigenvalue weighted by Crippen LogP contribution is 2.30. The van der Waals surface area contributed by atoms with E-state index >= 15 is 0 Å². The zero-order valence-corrected chi connectivity index (χ0v) is 17.7. The zero-order chi connectivity index (χ0) is 22.0. The Bertz CT molecular complexity index is 1380. The number of benzene rings is 1. The summed E-state index contributed by atoms with van der Waals surface area (Å²) in [6, 6.07) is 14.1. The monoisotopic (exact) mass is 478 g/mol. The summed E-state index contributed by atoms with van der Waals surface area (Å²) in [5.41, 5.74) is 8.11. The number of nitrogen functional groups attached to an aromatic ring is 1. The summed E-state index contributed by atoms with van der Waals surface area (Å²) in [7, 11) is 0. The van der Waals surface area contributed by atoms with Crippen molar-refractivity contribution in [2.75, 3.05) is 17.6 Å². The van der Waals surface area contributed by atoms with Gasteiger partial charge in [-0.25, -0.2) is 14.4 Å². The Morgan fingerprint density at radius 2 is 1.97 bits per heavy atom. The molecule has 0 aliphatic rings. The van der Waals surface area contributed by atoms with E-state index in [-0.39, 0.29) is 16.9 Å². The first kappa shape index (κ1) is 20.5. The number of hydrogen-bond donors (Lipinski definition) is 2. The van der Waals surface area contributed by atoms with Crippen molar-refractivity contribution in [1.29, 1.82) is 5.26 Å². The molecule has 0 atom stereocenters. The van der Waals surface area contributed by atoms with Crippen LogP contribution in [0.2, 0.25) is 0 Å². The molecular weight excluding hydrogens is 463 g/mol. The molecule has 1 aromatic carbocycles. The minimum Gasteiger partial charge on any atom is -0.382 e. The topological polar surface area (TPSA) is 109 Å². The number of anilines is 2. The number of aromatic nitrogens is 3. The van der Waals surface area contributed by atoms with Gasteiger partial charge in [-0.3, -0.25) is 9.20 Å². The third-order valence-electron chi connectivity index (χ3n) is 4.85. The van der Waals surface area contributed by atoms with Gasteiger partial charge in [0.25, 0.3) is 5.56 Å². The van der Waals surface area contributed by atoms with Gasteiger partial charge in [-0.05, 0) is 45.6 Å². The van der Waals surface area contributed by atoms with Gasteiger partial charge in [-0.2, -0.15) is 5.26 Å². The van der Waals surface area contributed by atoms with E-state index in [4.69, 9.17) is 5.73 Å². The molecule has 0 bridgehead atoms. The van der Waals surface area contributed by atoms with Crippen molar-refractivity contribution in [3.63, 3.8) is 0 Å². The van der Waals surface area contributed by atoms with E-state index in [0.717, 1.165) is 11.1 Å². The first-order valence-corrected chi connectivity index (χ1v) is 10.1. The van der Waals surface area contributed by atoms with Gasteiger partial charge in [0, 0.05) is 17.2 Å². The number of rotatable bonds is 5. The number of nitrogens with two attached hydrogens (primary N) is 1. The van der Waals surface area contributed by atoms with Crippen LogP contribution in [0.4, 0.5) is 16.0 Å². The van der Waals surface area contributed by atoms with Crippen LogP contribution in [0.1, 0.15) is 11.1 Å². The average molecular weight is 479 g/mol. The molecule has 4 aromatic rings. The SMILES string of the molecule is N#Cc1c(N)ncnc1NCCc1c(-c2ccccc2)c(=O)n2cc(F)ccc2c1Br. The largest absolute Gasteiger partial charge is 0.382 e. The molecular formula is C22H16BrFN6O. The van der Waals surface area contributed by atoms with Crippen LogP contribution in [0.3, 0.4) is 0 Å². The molecule has 0 aliphatic carbocycles. The number of nitrogens with one attached hydrogen (secondary N) is 1. The third-order valence-corrected chi connectivity index (χ3v) is 5.74. The van der Waals surface area contributed by atoms with Crippen molar-refractivity contribution in [2.45, 2.75) is 6.42 Å². The third kappa shape index (κ3) is 3.85. The van der Waals surface area contributed by atoms with Gasteiger partial charge in [0.15, 0.2) is 0 Å². The molecule has 0 fully saturated rings. The first-order chi connectivity index (χ1) is 15.0. The molecule has 0 spiro atoms. The molecule has 9 heteroatoms. The number of pyridine rings is 2. The number of halogens is 2. The van der Waals surface area contributed by atoms with Gasteiger partial charge in [0.05, 0.1) is 11.1 Å². The molecule has 0 amide bonds. The normalized spacial score (nSPS) is 10.7. The maximum Gasteiger partial charge on any atom is 0.263 e. The van der Waals surface area contributed by atoms with Crippen molar-refractivity contribution in [3.8, 4) is 17.2 Å². The van der Waals surface area contributed by atoms with Gasteiger partial charge < -0.3 is 11.1 Å².